The van der Waals surface area contributed by atoms with Gasteiger partial charge in [-0.15, -0.1) is 13.2 Å². The molecule has 2 rings (SSSR count). The van der Waals surface area contributed by atoms with E-state index in [0.29, 0.717) is 0 Å². The van der Waals surface area contributed by atoms with Crippen molar-refractivity contribution in [3.63, 3.8) is 0 Å². The zero-order valence-electron chi connectivity index (χ0n) is 23.0. The van der Waals surface area contributed by atoms with E-state index < -0.39 is 8.56 Å². The first kappa shape index (κ1) is 27.6. The second kappa shape index (κ2) is 9.19. The summed E-state index contributed by atoms with van der Waals surface area (Å²) < 4.78 is 15.2. The maximum absolute atomic E-state index is 7.68. The third-order valence-corrected chi connectivity index (χ3v) is 13.5. The van der Waals surface area contributed by atoms with Crippen LogP contribution in [0.2, 0.25) is 10.1 Å². The average Bonchev–Trinajstić information content (AvgIpc) is 3.05. The maximum Gasteiger partial charge on any atom is 0.350 e. The first-order chi connectivity index (χ1) is 14.6. The van der Waals surface area contributed by atoms with E-state index in [4.69, 9.17) is 8.85 Å². The molecule has 184 valence electrons. The van der Waals surface area contributed by atoms with Crippen molar-refractivity contribution in [1.29, 1.82) is 0 Å². The molecule has 0 amide bonds. The van der Waals surface area contributed by atoms with Crippen LogP contribution in [0.5, 0.6) is 0 Å². The normalized spacial score (nSPS) is 31.3. The third-order valence-electron chi connectivity index (χ3n) is 8.37. The Hall–Kier alpha value is -0.643. The van der Waals surface area contributed by atoms with Crippen molar-refractivity contribution in [2.24, 2.45) is 10.8 Å². The van der Waals surface area contributed by atoms with E-state index >= 15 is 0 Å². The molecule has 0 unspecified atom stereocenters. The number of unbranched alkanes of at least 4 members (excludes halogenated alkanes) is 1. The molecule has 0 radical (unpaired) electrons. The topological polar surface area (TPSA) is 18.5 Å². The Bertz CT molecular complexity index is 706. The first-order valence-electron chi connectivity index (χ1n) is 12.9. The minimum atomic E-state index is -2.69. The highest BCUT2D eigenvalue weighted by molar-refractivity contribution is 6.74. The van der Waals surface area contributed by atoms with Crippen LogP contribution < -0.4 is 0 Å². The lowest BCUT2D eigenvalue weighted by Crippen LogP contribution is -2.58. The lowest BCUT2D eigenvalue weighted by molar-refractivity contribution is -0.0688. The summed E-state index contributed by atoms with van der Waals surface area (Å²) in [6, 6.07) is 0. The molecule has 0 N–H and O–H groups in total. The summed E-state index contributed by atoms with van der Waals surface area (Å²) in [5, 5.41) is -0.108. The first-order valence-corrected chi connectivity index (χ1v) is 14.7. The summed E-state index contributed by atoms with van der Waals surface area (Å²) >= 11 is 0. The summed E-state index contributed by atoms with van der Waals surface area (Å²) in [5.74, 6) is 0. The molecule has 32 heavy (non-hydrogen) atoms. The molecule has 3 heteroatoms. The lowest BCUT2D eigenvalue weighted by atomic mass is 9.61. The molecule has 0 saturated carbocycles. The molecular weight excluding hydrogens is 408 g/mol. The monoisotopic (exact) mass is 460 g/mol. The average molecular weight is 461 g/mol. The number of allylic oxidation sites excluding steroid dienone is 3. The Morgan fingerprint density at radius 3 is 2.16 bits per heavy atom. The summed E-state index contributed by atoms with van der Waals surface area (Å²) in [6.45, 7) is 31.8. The molecule has 1 aliphatic heterocycles. The summed E-state index contributed by atoms with van der Waals surface area (Å²) in [5.41, 5.74) is 0.890. The van der Waals surface area contributed by atoms with E-state index in [-0.39, 0.29) is 32.6 Å². The van der Waals surface area contributed by atoms with Crippen LogP contribution >= 0.6 is 0 Å². The second-order valence-corrected chi connectivity index (χ2v) is 17.9. The van der Waals surface area contributed by atoms with Crippen LogP contribution in [0, 0.1) is 10.8 Å². The Morgan fingerprint density at radius 1 is 1.09 bits per heavy atom. The van der Waals surface area contributed by atoms with Gasteiger partial charge in [-0.2, -0.15) is 0 Å². The van der Waals surface area contributed by atoms with Gasteiger partial charge in [-0.3, -0.25) is 0 Å². The van der Waals surface area contributed by atoms with Crippen molar-refractivity contribution in [2.45, 2.75) is 136 Å². The minimum Gasteiger partial charge on any atom is -0.384 e. The Balaban J connectivity index is 2.87. The highest BCUT2D eigenvalue weighted by atomic mass is 28.4. The van der Waals surface area contributed by atoms with E-state index in [1.165, 1.54) is 12.0 Å². The molecule has 0 aromatic carbocycles. The zero-order valence-corrected chi connectivity index (χ0v) is 24.0. The number of rotatable bonds is 8. The van der Waals surface area contributed by atoms with E-state index in [9.17, 15) is 0 Å². The van der Waals surface area contributed by atoms with Crippen LogP contribution in [0.25, 0.3) is 0 Å². The molecule has 2 nitrogen and oxygen atoms in total. The number of hydrogen-bond acceptors (Lipinski definition) is 2. The second-order valence-electron chi connectivity index (χ2n) is 13.3. The van der Waals surface area contributed by atoms with Gasteiger partial charge in [0.25, 0.3) is 0 Å². The molecule has 1 aliphatic carbocycles. The summed E-state index contributed by atoms with van der Waals surface area (Å²) in [7, 11) is -2.69. The van der Waals surface area contributed by atoms with Crippen LogP contribution in [0.3, 0.4) is 0 Å². The van der Waals surface area contributed by atoms with Gasteiger partial charge in [0.15, 0.2) is 0 Å². The Labute approximate surface area is 201 Å². The van der Waals surface area contributed by atoms with Crippen molar-refractivity contribution in [1.82, 2.24) is 0 Å². The van der Waals surface area contributed by atoms with E-state index in [1.807, 2.05) is 0 Å². The van der Waals surface area contributed by atoms with Gasteiger partial charge < -0.3 is 8.85 Å². The van der Waals surface area contributed by atoms with Crippen molar-refractivity contribution < 1.29 is 8.85 Å². The largest absolute Gasteiger partial charge is 0.384 e. The summed E-state index contributed by atoms with van der Waals surface area (Å²) in [6.07, 6.45) is 14.3. The zero-order chi connectivity index (χ0) is 24.6. The van der Waals surface area contributed by atoms with E-state index in [1.54, 1.807) is 0 Å². The lowest BCUT2D eigenvalue weighted by Gasteiger charge is -2.51. The SMILES string of the molecule is C=CCC(C)(C)[C@@]1(CCCC)O[Si](C(C)(C)C)(C(C)(C)C)O[C@@H]1C1=CCCC[C@@]1(C)C=C. The van der Waals surface area contributed by atoms with Gasteiger partial charge in [0.1, 0.15) is 0 Å². The van der Waals surface area contributed by atoms with Gasteiger partial charge in [-0.1, -0.05) is 100 Å². The van der Waals surface area contributed by atoms with Gasteiger partial charge in [-0.25, -0.2) is 0 Å². The smallest absolute Gasteiger partial charge is 0.350 e. The summed E-state index contributed by atoms with van der Waals surface area (Å²) in [4.78, 5) is 0. The predicted molar refractivity (Wildman–Crippen MR) is 142 cm³/mol. The minimum absolute atomic E-state index is 0.0441. The standard InChI is InChI=1S/C29H52O2Si/c1-13-16-22-29(27(10,11)20-14-2)24(23-19-17-18-21-28(23,12)15-3)30-32(31-29,25(4,5)6)26(7,8)9/h14-15,19,24H,2-3,13,16-18,20-22H2,1,4-12H3/t24-,28-,29+/m1/s1. The highest BCUT2D eigenvalue weighted by Gasteiger charge is 2.72. The molecule has 0 aromatic rings. The fraction of sp³-hybridized carbons (Fsp3) is 0.793. The van der Waals surface area contributed by atoms with Crippen molar-refractivity contribution >= 4 is 8.56 Å². The molecule has 2 aliphatic rings. The molecule has 0 aromatic heterocycles. The molecule has 3 atom stereocenters. The van der Waals surface area contributed by atoms with Gasteiger partial charge in [0.2, 0.25) is 0 Å². The van der Waals surface area contributed by atoms with Gasteiger partial charge in [0, 0.05) is 15.5 Å². The fourth-order valence-corrected chi connectivity index (χ4v) is 11.7. The molecule has 1 fully saturated rings. The van der Waals surface area contributed by atoms with E-state index in [0.717, 1.165) is 38.5 Å². The molecular formula is C29H52O2Si. The van der Waals surface area contributed by atoms with Gasteiger partial charge in [0.05, 0.1) is 11.7 Å². The highest BCUT2D eigenvalue weighted by Crippen LogP contribution is 2.65. The Morgan fingerprint density at radius 2 is 1.69 bits per heavy atom. The van der Waals surface area contributed by atoms with Crippen LogP contribution in [0.15, 0.2) is 37.0 Å². The third kappa shape index (κ3) is 4.39. The van der Waals surface area contributed by atoms with Crippen LogP contribution in [0.1, 0.15) is 114 Å². The molecule has 1 saturated heterocycles. The fourth-order valence-electron chi connectivity index (χ4n) is 6.41. The van der Waals surface area contributed by atoms with Gasteiger partial charge in [-0.05, 0) is 43.1 Å². The van der Waals surface area contributed by atoms with Crippen LogP contribution in [0.4, 0.5) is 0 Å². The number of hydrogen-bond donors (Lipinski definition) is 0. The van der Waals surface area contributed by atoms with E-state index in [2.05, 4.69) is 101 Å². The predicted octanol–water partition coefficient (Wildman–Crippen LogP) is 9.28. The molecule has 0 bridgehead atoms. The van der Waals surface area contributed by atoms with Crippen molar-refractivity contribution in [2.75, 3.05) is 0 Å². The van der Waals surface area contributed by atoms with Crippen LogP contribution in [-0.2, 0) is 8.85 Å². The Kier molecular flexibility index (Phi) is 7.93. The maximum atomic E-state index is 7.68. The molecule has 0 spiro atoms. The quantitative estimate of drug-likeness (QED) is 0.265. The van der Waals surface area contributed by atoms with Crippen molar-refractivity contribution in [3.8, 4) is 0 Å². The molecule has 1 heterocycles. The van der Waals surface area contributed by atoms with Gasteiger partial charge >= 0.3 is 8.56 Å². The van der Waals surface area contributed by atoms with Crippen molar-refractivity contribution in [3.05, 3.63) is 37.0 Å². The van der Waals surface area contributed by atoms with Crippen LogP contribution in [-0.4, -0.2) is 20.3 Å².